The number of fused-ring (bicyclic) bond motifs is 2. The summed E-state index contributed by atoms with van der Waals surface area (Å²) < 4.78 is 7.08. The van der Waals surface area contributed by atoms with E-state index in [2.05, 4.69) is 62.2 Å². The molecule has 2 aromatic carbocycles. The van der Waals surface area contributed by atoms with Crippen LogP contribution in [0.15, 0.2) is 82.4 Å². The summed E-state index contributed by atoms with van der Waals surface area (Å²) in [4.78, 5) is 44.5. The molecule has 1 aromatic heterocycles. The van der Waals surface area contributed by atoms with E-state index in [1.807, 2.05) is 47.7 Å². The summed E-state index contributed by atoms with van der Waals surface area (Å²) in [5, 5.41) is 0.710. The average Bonchev–Trinajstić information content (AvgIpc) is 3.60. The molecule has 2 aliphatic carbocycles. The maximum atomic E-state index is 15.0. The van der Waals surface area contributed by atoms with Gasteiger partial charge in [-0.25, -0.2) is 4.79 Å². The van der Waals surface area contributed by atoms with Crippen molar-refractivity contribution in [3.05, 3.63) is 110 Å². The molecule has 2 aliphatic heterocycles. The van der Waals surface area contributed by atoms with E-state index in [1.54, 1.807) is 4.90 Å². The number of aromatic nitrogens is 1. The Balaban J connectivity index is 1.21. The molecule has 0 spiro atoms. The van der Waals surface area contributed by atoms with Gasteiger partial charge >= 0.3 is 6.09 Å². The fraction of sp³-hybridized carbons (Fsp3) is 0.450. The summed E-state index contributed by atoms with van der Waals surface area (Å²) in [6.45, 7) is 2.36. The van der Waals surface area contributed by atoms with Crippen molar-refractivity contribution in [2.24, 2.45) is 4.99 Å². The van der Waals surface area contributed by atoms with E-state index in [9.17, 15) is 9.59 Å². The highest BCUT2D eigenvalue weighted by Gasteiger charge is 2.43. The molecule has 3 heterocycles. The number of benzene rings is 2. The molecular weight excluding hydrogens is 714 g/mol. The number of halogens is 2. The van der Waals surface area contributed by atoms with Gasteiger partial charge in [-0.3, -0.25) is 24.6 Å². The van der Waals surface area contributed by atoms with Gasteiger partial charge in [0.2, 0.25) is 5.91 Å². The number of aliphatic imine (C=N–C) groups is 1. The lowest BCUT2D eigenvalue weighted by atomic mass is 9.95. The zero-order valence-corrected chi connectivity index (χ0v) is 30.8. The minimum Gasteiger partial charge on any atom is -0.446 e. The van der Waals surface area contributed by atoms with E-state index in [-0.39, 0.29) is 30.2 Å². The van der Waals surface area contributed by atoms with Crippen LogP contribution < -0.4 is 0 Å². The number of amides is 2. The number of carbonyl (C=O) groups is 2. The summed E-state index contributed by atoms with van der Waals surface area (Å²) >= 11 is 10.2. The number of rotatable bonds is 9. The van der Waals surface area contributed by atoms with Crippen molar-refractivity contribution in [2.75, 3.05) is 26.2 Å². The average molecular weight is 759 g/mol. The minimum absolute atomic E-state index is 0.0569. The van der Waals surface area contributed by atoms with Gasteiger partial charge in [0.05, 0.1) is 17.8 Å². The van der Waals surface area contributed by atoms with Crippen LogP contribution in [0.3, 0.4) is 0 Å². The Bertz CT molecular complexity index is 1660. The molecular formula is C40H45BrClN5O3. The number of hydrogen-bond donors (Lipinski definition) is 0. The van der Waals surface area contributed by atoms with Gasteiger partial charge in [0.25, 0.3) is 0 Å². The Labute approximate surface area is 308 Å². The zero-order valence-electron chi connectivity index (χ0n) is 28.4. The fourth-order valence-corrected chi connectivity index (χ4v) is 8.55. The highest BCUT2D eigenvalue weighted by atomic mass is 79.9. The maximum absolute atomic E-state index is 15.0. The molecule has 1 saturated heterocycles. The van der Waals surface area contributed by atoms with E-state index in [4.69, 9.17) is 21.3 Å². The Morgan fingerprint density at radius 2 is 1.82 bits per heavy atom. The number of aryl methyl sites for hydroxylation is 2. The first-order chi connectivity index (χ1) is 24.4. The third kappa shape index (κ3) is 8.16. The summed E-state index contributed by atoms with van der Waals surface area (Å²) in [5.74, 6) is -0.0569. The largest absolute Gasteiger partial charge is 0.446 e. The Kier molecular flexibility index (Phi) is 11.3. The van der Waals surface area contributed by atoms with Crippen molar-refractivity contribution in [1.29, 1.82) is 0 Å². The zero-order chi connectivity index (χ0) is 34.5. The fourth-order valence-electron chi connectivity index (χ4n) is 7.98. The molecule has 3 aromatic rings. The highest BCUT2D eigenvalue weighted by molar-refractivity contribution is 9.10. The summed E-state index contributed by atoms with van der Waals surface area (Å²) in [7, 11) is 0. The normalized spacial score (nSPS) is 22.1. The first-order valence-corrected chi connectivity index (χ1v) is 19.3. The molecule has 3 atom stereocenters. The van der Waals surface area contributed by atoms with Crippen LogP contribution in [-0.4, -0.2) is 82.3 Å². The van der Waals surface area contributed by atoms with E-state index in [0.29, 0.717) is 37.7 Å². The van der Waals surface area contributed by atoms with Gasteiger partial charge in [0.1, 0.15) is 12.1 Å². The number of pyridine rings is 1. The molecule has 50 heavy (non-hydrogen) atoms. The Morgan fingerprint density at radius 1 is 1.00 bits per heavy atom. The molecule has 7 rings (SSSR count). The molecule has 2 amide bonds. The summed E-state index contributed by atoms with van der Waals surface area (Å²) in [5.41, 5.74) is 5.56. The van der Waals surface area contributed by atoms with Gasteiger partial charge in [0, 0.05) is 54.6 Å². The van der Waals surface area contributed by atoms with Gasteiger partial charge in [-0.1, -0.05) is 60.5 Å². The molecule has 2 fully saturated rings. The second-order valence-electron chi connectivity index (χ2n) is 13.9. The quantitative estimate of drug-likeness (QED) is 0.222. The number of carbonyl (C=O) groups excluding carboxylic acids is 2. The lowest BCUT2D eigenvalue weighted by Gasteiger charge is -2.45. The number of piperazine rings is 1. The molecule has 2 unspecified atom stereocenters. The van der Waals surface area contributed by atoms with Crippen LogP contribution in [0.25, 0.3) is 0 Å². The standard InChI is InChI=1S/C40H45BrClN5O3/c41-31-23-30-16-15-29-24-32(42)17-18-35(29)38(37(30)44-25-31)45-21-22-47(40(49)50-34-13-5-2-6-14-34)36(27-45)39(48)46(26-28-9-3-1-4-10-28)20-8-12-33-11-7-19-43-33/h1,3-4,7,9-11,17-19,23-25,33-34,36,38H,2,5-6,8,12-16,20-22,26-27H2/t33?,36-,38?/m1/s1. The van der Waals surface area contributed by atoms with Gasteiger partial charge in [-0.15, -0.1) is 0 Å². The summed E-state index contributed by atoms with van der Waals surface area (Å²) in [6.07, 6.45) is 15.7. The highest BCUT2D eigenvalue weighted by Crippen LogP contribution is 2.39. The van der Waals surface area contributed by atoms with Crippen LogP contribution in [-0.2, 0) is 28.9 Å². The molecule has 4 aliphatic rings. The molecule has 1 saturated carbocycles. The van der Waals surface area contributed by atoms with Crippen LogP contribution in [0, 0.1) is 0 Å². The number of hydrogen-bond acceptors (Lipinski definition) is 6. The molecule has 0 N–H and O–H groups in total. The molecule has 8 nitrogen and oxygen atoms in total. The monoisotopic (exact) mass is 757 g/mol. The SMILES string of the molecule is O=C([C@H]1CN(C2c3ccc(Cl)cc3CCc3cc(Br)cnc32)CCN1C(=O)OC1CCCCC1)N(CCCC1C=CC=N1)Cc1ccccc1. The van der Waals surface area contributed by atoms with E-state index in [1.165, 1.54) is 17.5 Å². The van der Waals surface area contributed by atoms with Crippen molar-refractivity contribution in [3.63, 3.8) is 0 Å². The van der Waals surface area contributed by atoms with Crippen molar-refractivity contribution < 1.29 is 14.3 Å². The predicted molar refractivity (Wildman–Crippen MR) is 201 cm³/mol. The topological polar surface area (TPSA) is 78.3 Å². The Hall–Kier alpha value is -3.53. The second-order valence-corrected chi connectivity index (χ2v) is 15.3. The lowest BCUT2D eigenvalue weighted by Crippen LogP contribution is -2.62. The van der Waals surface area contributed by atoms with Crippen molar-refractivity contribution in [1.82, 2.24) is 19.7 Å². The lowest BCUT2D eigenvalue weighted by molar-refractivity contribution is -0.140. The molecule has 0 bridgehead atoms. The third-order valence-corrected chi connectivity index (χ3v) is 11.2. The van der Waals surface area contributed by atoms with E-state index in [0.717, 1.165) is 72.7 Å². The summed E-state index contributed by atoms with van der Waals surface area (Å²) in [6, 6.07) is 17.6. The molecule has 10 heteroatoms. The number of nitrogens with zero attached hydrogens (tertiary/aromatic N) is 5. The van der Waals surface area contributed by atoms with Gasteiger partial charge in [-0.2, -0.15) is 0 Å². The van der Waals surface area contributed by atoms with Crippen molar-refractivity contribution in [2.45, 2.75) is 88.6 Å². The Morgan fingerprint density at radius 3 is 2.62 bits per heavy atom. The van der Waals surface area contributed by atoms with Crippen molar-refractivity contribution in [3.8, 4) is 0 Å². The van der Waals surface area contributed by atoms with Crippen LogP contribution >= 0.6 is 27.5 Å². The predicted octanol–water partition coefficient (Wildman–Crippen LogP) is 7.96. The molecule has 262 valence electrons. The van der Waals surface area contributed by atoms with Crippen molar-refractivity contribution >= 4 is 45.7 Å². The van der Waals surface area contributed by atoms with Crippen LogP contribution in [0.2, 0.25) is 5.02 Å². The van der Waals surface area contributed by atoms with E-state index >= 15 is 0 Å². The minimum atomic E-state index is -0.717. The maximum Gasteiger partial charge on any atom is 0.410 e. The van der Waals surface area contributed by atoms with Crippen LogP contribution in [0.1, 0.15) is 78.9 Å². The van der Waals surface area contributed by atoms with Gasteiger partial charge < -0.3 is 9.64 Å². The second kappa shape index (κ2) is 16.2. The molecule has 0 radical (unpaired) electrons. The first-order valence-electron chi connectivity index (χ1n) is 18.1. The first kappa shape index (κ1) is 34.9. The van der Waals surface area contributed by atoms with Gasteiger partial charge in [0.15, 0.2) is 0 Å². The number of allylic oxidation sites excluding steroid dienone is 1. The van der Waals surface area contributed by atoms with Crippen LogP contribution in [0.4, 0.5) is 4.79 Å². The van der Waals surface area contributed by atoms with Crippen LogP contribution in [0.5, 0.6) is 0 Å². The number of ether oxygens (including phenoxy) is 1. The smallest absolute Gasteiger partial charge is 0.410 e. The van der Waals surface area contributed by atoms with Gasteiger partial charge in [-0.05, 0) is 114 Å². The van der Waals surface area contributed by atoms with E-state index < -0.39 is 6.04 Å². The third-order valence-electron chi connectivity index (χ3n) is 10.6.